The number of hydrazone groups is 1. The third-order valence-corrected chi connectivity index (χ3v) is 6.02. The molecule has 9 heteroatoms. The minimum absolute atomic E-state index is 0.205. The first-order valence-electron chi connectivity index (χ1n) is 12.5. The molecule has 3 rings (SSSR count). The van der Waals surface area contributed by atoms with Gasteiger partial charge in [-0.1, -0.05) is 44.2 Å². The van der Waals surface area contributed by atoms with Crippen LogP contribution in [0.5, 0.6) is 11.5 Å². The summed E-state index contributed by atoms with van der Waals surface area (Å²) in [5.41, 5.74) is 7.80. The molecule has 3 aromatic rings. The van der Waals surface area contributed by atoms with Crippen molar-refractivity contribution >= 4 is 29.6 Å². The lowest BCUT2D eigenvalue weighted by molar-refractivity contribution is -0.139. The van der Waals surface area contributed by atoms with Gasteiger partial charge in [0.05, 0.1) is 13.3 Å². The first-order chi connectivity index (χ1) is 18.7. The average molecular weight is 531 g/mol. The van der Waals surface area contributed by atoms with Gasteiger partial charge < -0.3 is 20.1 Å². The second-order valence-electron chi connectivity index (χ2n) is 9.32. The number of methoxy groups -OCH3 is 1. The van der Waals surface area contributed by atoms with E-state index in [0.29, 0.717) is 28.7 Å². The van der Waals surface area contributed by atoms with Gasteiger partial charge in [-0.2, -0.15) is 5.10 Å². The Labute approximate surface area is 228 Å². The highest BCUT2D eigenvalue weighted by Gasteiger charge is 2.13. The molecule has 3 amide bonds. The quantitative estimate of drug-likeness (QED) is 0.206. The van der Waals surface area contributed by atoms with Crippen molar-refractivity contribution in [1.82, 2.24) is 10.7 Å². The first kappa shape index (κ1) is 28.9. The van der Waals surface area contributed by atoms with E-state index in [4.69, 9.17) is 9.47 Å². The molecule has 0 saturated heterocycles. The molecular formula is C30H34N4O5. The molecule has 39 heavy (non-hydrogen) atoms. The van der Waals surface area contributed by atoms with Crippen LogP contribution in [0.3, 0.4) is 0 Å². The number of carbonyl (C=O) groups is 3. The topological polar surface area (TPSA) is 118 Å². The fourth-order valence-corrected chi connectivity index (χ4v) is 3.54. The third kappa shape index (κ3) is 8.70. The van der Waals surface area contributed by atoms with Crippen LogP contribution in [0.25, 0.3) is 0 Å². The fraction of sp³-hybridized carbons (Fsp3) is 0.267. The Balaban J connectivity index is 1.48. The molecule has 0 spiro atoms. The molecule has 0 aliphatic heterocycles. The lowest BCUT2D eigenvalue weighted by atomic mass is 10.0. The molecule has 0 fully saturated rings. The normalized spacial score (nSPS) is 10.8. The number of hydrogen-bond acceptors (Lipinski definition) is 6. The van der Waals surface area contributed by atoms with Gasteiger partial charge in [0.15, 0.2) is 18.1 Å². The Morgan fingerprint density at radius 2 is 1.64 bits per heavy atom. The number of nitrogens with one attached hydrogen (secondary N) is 3. The maximum atomic E-state index is 12.3. The summed E-state index contributed by atoms with van der Waals surface area (Å²) >= 11 is 0. The van der Waals surface area contributed by atoms with Gasteiger partial charge in [0.25, 0.3) is 5.91 Å². The molecule has 0 aromatic heterocycles. The first-order valence-corrected chi connectivity index (χ1v) is 12.5. The van der Waals surface area contributed by atoms with Crippen LogP contribution in [0.1, 0.15) is 47.6 Å². The minimum Gasteiger partial charge on any atom is -0.493 e. The zero-order valence-corrected chi connectivity index (χ0v) is 22.8. The van der Waals surface area contributed by atoms with Crippen LogP contribution in [-0.2, 0) is 20.9 Å². The SMILES string of the molecule is COc1cc(/C=N\NC(=O)C(=O)NCc2ccc(C(C)C)cc2)ccc1OCC(=O)Nc1ccc(C)c(C)c1. The predicted molar refractivity (Wildman–Crippen MR) is 151 cm³/mol. The molecule has 0 saturated carbocycles. The largest absolute Gasteiger partial charge is 0.493 e. The van der Waals surface area contributed by atoms with Crippen molar-refractivity contribution in [3.8, 4) is 11.5 Å². The van der Waals surface area contributed by atoms with Crippen LogP contribution >= 0.6 is 0 Å². The van der Waals surface area contributed by atoms with E-state index in [0.717, 1.165) is 16.7 Å². The van der Waals surface area contributed by atoms with Gasteiger partial charge in [0, 0.05) is 12.2 Å². The maximum absolute atomic E-state index is 12.3. The van der Waals surface area contributed by atoms with Crippen molar-refractivity contribution in [3.05, 3.63) is 88.5 Å². The highest BCUT2D eigenvalue weighted by molar-refractivity contribution is 6.35. The van der Waals surface area contributed by atoms with Crippen LogP contribution in [-0.4, -0.2) is 37.7 Å². The number of rotatable bonds is 10. The van der Waals surface area contributed by atoms with E-state index >= 15 is 0 Å². The van der Waals surface area contributed by atoms with Gasteiger partial charge in [-0.05, 0) is 77.9 Å². The summed E-state index contributed by atoms with van der Waals surface area (Å²) in [4.78, 5) is 36.5. The molecule has 3 N–H and O–H groups in total. The maximum Gasteiger partial charge on any atom is 0.329 e. The van der Waals surface area contributed by atoms with Crippen molar-refractivity contribution < 1.29 is 23.9 Å². The van der Waals surface area contributed by atoms with Crippen LogP contribution in [0, 0.1) is 13.8 Å². The Morgan fingerprint density at radius 1 is 0.897 bits per heavy atom. The Hall–Kier alpha value is -4.66. The van der Waals surface area contributed by atoms with Gasteiger partial charge in [-0.25, -0.2) is 5.43 Å². The van der Waals surface area contributed by atoms with Gasteiger partial charge in [0.2, 0.25) is 0 Å². The number of nitrogens with zero attached hydrogens (tertiary/aromatic N) is 1. The molecule has 0 radical (unpaired) electrons. The van der Waals surface area contributed by atoms with Crippen LogP contribution in [0.15, 0.2) is 65.8 Å². The molecule has 0 bridgehead atoms. The van der Waals surface area contributed by atoms with Crippen LogP contribution in [0.2, 0.25) is 0 Å². The van der Waals surface area contributed by atoms with Crippen LogP contribution in [0.4, 0.5) is 5.69 Å². The smallest absolute Gasteiger partial charge is 0.329 e. The third-order valence-electron chi connectivity index (χ3n) is 6.02. The molecule has 0 unspecified atom stereocenters. The Kier molecular flexibility index (Phi) is 10.2. The number of hydrogen-bond donors (Lipinski definition) is 3. The van der Waals surface area contributed by atoms with E-state index in [2.05, 4.69) is 35.0 Å². The van der Waals surface area contributed by atoms with Gasteiger partial charge >= 0.3 is 11.8 Å². The molecule has 9 nitrogen and oxygen atoms in total. The summed E-state index contributed by atoms with van der Waals surface area (Å²) in [6.07, 6.45) is 1.37. The highest BCUT2D eigenvalue weighted by atomic mass is 16.5. The minimum atomic E-state index is -0.883. The van der Waals surface area contributed by atoms with Crippen LogP contribution < -0.4 is 25.5 Å². The second-order valence-corrected chi connectivity index (χ2v) is 9.32. The van der Waals surface area contributed by atoms with E-state index in [1.807, 2.05) is 56.3 Å². The van der Waals surface area contributed by atoms with E-state index in [9.17, 15) is 14.4 Å². The van der Waals surface area contributed by atoms with Crippen molar-refractivity contribution in [1.29, 1.82) is 0 Å². The Bertz CT molecular complexity index is 1350. The van der Waals surface area contributed by atoms with E-state index in [1.54, 1.807) is 18.2 Å². The standard InChI is InChI=1S/C30H34N4O5/c1-19(2)24-10-7-22(8-11-24)16-31-29(36)30(37)34-32-17-23-9-13-26(27(15-23)38-5)39-18-28(35)33-25-12-6-20(3)21(4)14-25/h6-15,17,19H,16,18H2,1-5H3,(H,31,36)(H,33,35)(H,34,37)/b32-17-. The van der Waals surface area contributed by atoms with Gasteiger partial charge in [-0.15, -0.1) is 0 Å². The van der Waals surface area contributed by atoms with Crippen molar-refractivity contribution in [3.63, 3.8) is 0 Å². The number of ether oxygens (including phenoxy) is 2. The molecule has 0 aliphatic rings. The summed E-state index contributed by atoms with van der Waals surface area (Å²) in [6.45, 7) is 8.22. The zero-order chi connectivity index (χ0) is 28.4. The summed E-state index contributed by atoms with van der Waals surface area (Å²) in [7, 11) is 1.47. The number of aryl methyl sites for hydroxylation is 2. The fourth-order valence-electron chi connectivity index (χ4n) is 3.54. The zero-order valence-electron chi connectivity index (χ0n) is 22.8. The lowest BCUT2D eigenvalue weighted by Gasteiger charge is -2.12. The van der Waals surface area contributed by atoms with E-state index < -0.39 is 11.8 Å². The Morgan fingerprint density at radius 3 is 2.31 bits per heavy atom. The summed E-state index contributed by atoms with van der Waals surface area (Å²) in [5, 5.41) is 9.22. The van der Waals surface area contributed by atoms with E-state index in [1.165, 1.54) is 18.9 Å². The molecule has 3 aromatic carbocycles. The van der Waals surface area contributed by atoms with Crippen molar-refractivity contribution in [2.45, 2.75) is 40.2 Å². The number of amides is 3. The number of anilines is 1. The van der Waals surface area contributed by atoms with Gasteiger partial charge in [0.1, 0.15) is 0 Å². The molecular weight excluding hydrogens is 496 g/mol. The highest BCUT2D eigenvalue weighted by Crippen LogP contribution is 2.27. The van der Waals surface area contributed by atoms with Gasteiger partial charge in [-0.3, -0.25) is 14.4 Å². The second kappa shape index (κ2) is 13.8. The summed E-state index contributed by atoms with van der Waals surface area (Å²) < 4.78 is 11.0. The summed E-state index contributed by atoms with van der Waals surface area (Å²) in [6, 6.07) is 18.5. The van der Waals surface area contributed by atoms with Crippen molar-refractivity contribution in [2.24, 2.45) is 5.10 Å². The molecule has 0 atom stereocenters. The van der Waals surface area contributed by atoms with Crippen molar-refractivity contribution in [2.75, 3.05) is 19.0 Å². The summed E-state index contributed by atoms with van der Waals surface area (Å²) in [5.74, 6) is -0.812. The monoisotopic (exact) mass is 530 g/mol. The molecule has 0 heterocycles. The molecule has 0 aliphatic carbocycles. The molecule has 204 valence electrons. The number of benzene rings is 3. The average Bonchev–Trinajstić information content (AvgIpc) is 2.93. The lowest BCUT2D eigenvalue weighted by Crippen LogP contribution is -2.37. The number of carbonyl (C=O) groups excluding carboxylic acids is 3. The predicted octanol–water partition coefficient (Wildman–Crippen LogP) is 4.22. The van der Waals surface area contributed by atoms with E-state index in [-0.39, 0.29) is 19.1 Å².